The van der Waals surface area contributed by atoms with Gasteiger partial charge >= 0.3 is 5.97 Å². The van der Waals surface area contributed by atoms with Crippen molar-refractivity contribution < 1.29 is 23.8 Å². The summed E-state index contributed by atoms with van der Waals surface area (Å²) in [7, 11) is 0. The highest BCUT2D eigenvalue weighted by Crippen LogP contribution is 2.21. The average molecular weight is 382 g/mol. The zero-order valence-electron chi connectivity index (χ0n) is 15.6. The molecule has 0 atom stereocenters. The third-order valence-corrected chi connectivity index (χ3v) is 4.22. The number of carboxylic acid groups (broad SMARTS) is 1. The summed E-state index contributed by atoms with van der Waals surface area (Å²) < 4.78 is 16.8. The highest BCUT2D eigenvalue weighted by molar-refractivity contribution is 5.87. The Bertz CT molecular complexity index is 1020. The Morgan fingerprint density at radius 1 is 1.07 bits per heavy atom. The van der Waals surface area contributed by atoms with Crippen molar-refractivity contribution in [1.29, 1.82) is 0 Å². The van der Waals surface area contributed by atoms with Gasteiger partial charge in [-0.05, 0) is 30.2 Å². The second-order valence-corrected chi connectivity index (χ2v) is 6.35. The number of carbonyl (C=O) groups is 1. The van der Waals surface area contributed by atoms with E-state index >= 15 is 0 Å². The Morgan fingerprint density at radius 2 is 1.86 bits per heavy atom. The fourth-order valence-corrected chi connectivity index (χ4v) is 2.88. The first kappa shape index (κ1) is 19.5. The highest BCUT2D eigenvalue weighted by Gasteiger charge is 2.11. The van der Waals surface area contributed by atoms with Gasteiger partial charge in [-0.15, -0.1) is 0 Å². The summed E-state index contributed by atoms with van der Waals surface area (Å²) in [6.45, 7) is 3.08. The van der Waals surface area contributed by atoms with Crippen molar-refractivity contribution in [2.24, 2.45) is 0 Å². The van der Waals surface area contributed by atoms with E-state index in [-0.39, 0.29) is 5.58 Å². The molecule has 3 aromatic rings. The summed E-state index contributed by atoms with van der Waals surface area (Å²) in [5, 5.41) is 9.32. The van der Waals surface area contributed by atoms with E-state index in [1.807, 2.05) is 18.2 Å². The van der Waals surface area contributed by atoms with Crippen molar-refractivity contribution in [3.8, 4) is 11.5 Å². The number of hydrogen-bond acceptors (Lipinski definition) is 5. The standard InChI is InChI=1S/C22H22O6/c1-2-6-15-7-3-4-8-19(15)27-12-5-11-26-16-9-10-17-18(23)14-21(22(24)25)28-20(17)13-16/h3-4,7-10,13-14H,2,5-6,11-12H2,1H3,(H,24,25). The molecule has 0 saturated carbocycles. The minimum atomic E-state index is -1.29. The van der Waals surface area contributed by atoms with Crippen molar-refractivity contribution in [1.82, 2.24) is 0 Å². The molecule has 0 unspecified atom stereocenters. The molecule has 0 aliphatic heterocycles. The summed E-state index contributed by atoms with van der Waals surface area (Å²) in [6, 6.07) is 13.7. The Labute approximate surface area is 162 Å². The van der Waals surface area contributed by atoms with Gasteiger partial charge in [-0.2, -0.15) is 0 Å². The monoisotopic (exact) mass is 382 g/mol. The predicted molar refractivity (Wildman–Crippen MR) is 105 cm³/mol. The molecule has 0 radical (unpaired) electrons. The van der Waals surface area contributed by atoms with Crippen molar-refractivity contribution in [3.63, 3.8) is 0 Å². The van der Waals surface area contributed by atoms with E-state index < -0.39 is 17.2 Å². The van der Waals surface area contributed by atoms with Gasteiger partial charge in [-0.3, -0.25) is 4.79 Å². The Kier molecular flexibility index (Phi) is 6.32. The van der Waals surface area contributed by atoms with Crippen LogP contribution in [0.3, 0.4) is 0 Å². The van der Waals surface area contributed by atoms with E-state index in [1.54, 1.807) is 12.1 Å². The third-order valence-electron chi connectivity index (χ3n) is 4.22. The zero-order chi connectivity index (χ0) is 19.9. The van der Waals surface area contributed by atoms with E-state index in [9.17, 15) is 9.59 Å². The van der Waals surface area contributed by atoms with Crippen molar-refractivity contribution >= 4 is 16.9 Å². The van der Waals surface area contributed by atoms with E-state index in [2.05, 4.69) is 13.0 Å². The number of benzene rings is 2. The summed E-state index contributed by atoms with van der Waals surface area (Å²) in [5.41, 5.74) is 0.987. The second-order valence-electron chi connectivity index (χ2n) is 6.35. The third kappa shape index (κ3) is 4.71. The lowest BCUT2D eigenvalue weighted by Gasteiger charge is -2.11. The summed E-state index contributed by atoms with van der Waals surface area (Å²) in [4.78, 5) is 23.0. The maximum Gasteiger partial charge on any atom is 0.371 e. The van der Waals surface area contributed by atoms with Gasteiger partial charge in [0.15, 0.2) is 5.43 Å². The molecule has 0 saturated heterocycles. The number of aromatic carboxylic acids is 1. The normalized spacial score (nSPS) is 10.8. The second kappa shape index (κ2) is 9.08. The summed E-state index contributed by atoms with van der Waals surface area (Å²) >= 11 is 0. The van der Waals surface area contributed by atoms with Crippen LogP contribution in [0.25, 0.3) is 11.0 Å². The van der Waals surface area contributed by atoms with Gasteiger partial charge in [0.05, 0.1) is 18.6 Å². The molecule has 0 amide bonds. The first-order valence-corrected chi connectivity index (χ1v) is 9.23. The van der Waals surface area contributed by atoms with Crippen LogP contribution in [-0.4, -0.2) is 24.3 Å². The van der Waals surface area contributed by atoms with Crippen LogP contribution in [0.1, 0.15) is 35.9 Å². The van der Waals surface area contributed by atoms with Gasteiger partial charge in [-0.1, -0.05) is 31.5 Å². The molecule has 146 valence electrons. The molecule has 3 rings (SSSR count). The number of hydrogen-bond donors (Lipinski definition) is 1. The number of carboxylic acids is 1. The molecular weight excluding hydrogens is 360 g/mol. The zero-order valence-corrected chi connectivity index (χ0v) is 15.6. The molecule has 0 spiro atoms. The lowest BCUT2D eigenvalue weighted by Crippen LogP contribution is -2.07. The Hall–Kier alpha value is -3.28. The fraction of sp³-hybridized carbons (Fsp3) is 0.273. The van der Waals surface area contributed by atoms with Gasteiger partial charge < -0.3 is 19.0 Å². The van der Waals surface area contributed by atoms with Crippen molar-refractivity contribution in [2.75, 3.05) is 13.2 Å². The SMILES string of the molecule is CCCc1ccccc1OCCCOc1ccc2c(=O)cc(C(=O)O)oc2c1. The smallest absolute Gasteiger partial charge is 0.371 e. The van der Waals surface area contributed by atoms with Crippen LogP contribution in [0.4, 0.5) is 0 Å². The van der Waals surface area contributed by atoms with Crippen molar-refractivity contribution in [2.45, 2.75) is 26.2 Å². The van der Waals surface area contributed by atoms with Crippen LogP contribution in [0, 0.1) is 0 Å². The Balaban J connectivity index is 1.57. The average Bonchev–Trinajstić information content (AvgIpc) is 2.68. The van der Waals surface area contributed by atoms with E-state index in [0.29, 0.717) is 30.8 Å². The molecule has 6 heteroatoms. The van der Waals surface area contributed by atoms with Crippen molar-refractivity contribution in [3.05, 3.63) is 70.1 Å². The maximum absolute atomic E-state index is 11.9. The minimum Gasteiger partial charge on any atom is -0.493 e. The molecule has 6 nitrogen and oxygen atoms in total. The predicted octanol–water partition coefficient (Wildman–Crippen LogP) is 4.29. The lowest BCUT2D eigenvalue weighted by molar-refractivity contribution is 0.0663. The largest absolute Gasteiger partial charge is 0.493 e. The number of ether oxygens (including phenoxy) is 2. The van der Waals surface area contributed by atoms with Crippen LogP contribution in [0.2, 0.25) is 0 Å². The first-order valence-electron chi connectivity index (χ1n) is 9.23. The van der Waals surface area contributed by atoms with E-state index in [4.69, 9.17) is 19.0 Å². The van der Waals surface area contributed by atoms with E-state index in [1.165, 1.54) is 11.6 Å². The van der Waals surface area contributed by atoms with Gasteiger partial charge in [0.1, 0.15) is 17.1 Å². The lowest BCUT2D eigenvalue weighted by atomic mass is 10.1. The molecule has 0 aliphatic carbocycles. The Morgan fingerprint density at radius 3 is 2.64 bits per heavy atom. The minimum absolute atomic E-state index is 0.187. The van der Waals surface area contributed by atoms with Gasteiger partial charge in [0.25, 0.3) is 0 Å². The number of fused-ring (bicyclic) bond motifs is 1. The molecule has 28 heavy (non-hydrogen) atoms. The molecule has 0 aliphatic rings. The molecule has 0 fully saturated rings. The number of para-hydroxylation sites is 1. The van der Waals surface area contributed by atoms with Gasteiger partial charge in [-0.25, -0.2) is 4.79 Å². The van der Waals surface area contributed by atoms with Crippen LogP contribution >= 0.6 is 0 Å². The van der Waals surface area contributed by atoms with Gasteiger partial charge in [0, 0.05) is 18.6 Å². The number of aryl methyl sites for hydroxylation is 1. The maximum atomic E-state index is 11.9. The summed E-state index contributed by atoms with van der Waals surface area (Å²) in [5.74, 6) is -0.276. The molecule has 1 aromatic heterocycles. The van der Waals surface area contributed by atoms with E-state index in [0.717, 1.165) is 24.7 Å². The molecular formula is C22H22O6. The topological polar surface area (TPSA) is 86.0 Å². The van der Waals surface area contributed by atoms with Crippen LogP contribution in [0.15, 0.2) is 57.7 Å². The van der Waals surface area contributed by atoms with Crippen LogP contribution in [0.5, 0.6) is 11.5 Å². The number of rotatable bonds is 9. The molecule has 1 heterocycles. The summed E-state index contributed by atoms with van der Waals surface area (Å²) in [6.07, 6.45) is 2.72. The first-order chi connectivity index (χ1) is 13.6. The highest BCUT2D eigenvalue weighted by atomic mass is 16.5. The van der Waals surface area contributed by atoms with Gasteiger partial charge in [0.2, 0.25) is 5.76 Å². The van der Waals surface area contributed by atoms with Crippen LogP contribution < -0.4 is 14.9 Å². The quantitative estimate of drug-likeness (QED) is 0.556. The molecule has 2 aromatic carbocycles. The molecule has 1 N–H and O–H groups in total. The fourth-order valence-electron chi connectivity index (χ4n) is 2.88. The molecule has 0 bridgehead atoms. The van der Waals surface area contributed by atoms with Crippen LogP contribution in [-0.2, 0) is 6.42 Å².